The van der Waals surface area contributed by atoms with Crippen LogP contribution in [0.1, 0.15) is 6.42 Å². The molecule has 0 aromatic carbocycles. The van der Waals surface area contributed by atoms with Crippen LogP contribution in [0.25, 0.3) is 0 Å². The Balaban J connectivity index is 2.16. The van der Waals surface area contributed by atoms with Gasteiger partial charge in [0.05, 0.1) is 6.10 Å². The van der Waals surface area contributed by atoms with Gasteiger partial charge in [-0.25, -0.2) is 4.98 Å². The first kappa shape index (κ1) is 8.31. The van der Waals surface area contributed by atoms with E-state index in [1.165, 1.54) is 0 Å². The molecule has 1 unspecified atom stereocenters. The van der Waals surface area contributed by atoms with E-state index in [0.29, 0.717) is 12.4 Å². The lowest BCUT2D eigenvalue weighted by atomic mass is 10.3. The summed E-state index contributed by atoms with van der Waals surface area (Å²) >= 11 is 0. The molecule has 0 bridgehead atoms. The topological polar surface area (TPSA) is 62.4 Å². The Labute approximate surface area is 77.0 Å². The zero-order valence-corrected chi connectivity index (χ0v) is 7.35. The summed E-state index contributed by atoms with van der Waals surface area (Å²) in [6.07, 6.45) is 2.33. The van der Waals surface area contributed by atoms with Gasteiger partial charge in [0, 0.05) is 31.0 Å². The van der Waals surface area contributed by atoms with E-state index in [1.807, 2.05) is 12.1 Å². The summed E-state index contributed by atoms with van der Waals surface area (Å²) in [7, 11) is 0. The van der Waals surface area contributed by atoms with E-state index in [4.69, 9.17) is 5.73 Å². The van der Waals surface area contributed by atoms with Crippen LogP contribution < -0.4 is 10.6 Å². The van der Waals surface area contributed by atoms with Crippen molar-refractivity contribution in [2.45, 2.75) is 12.5 Å². The van der Waals surface area contributed by atoms with Crippen LogP contribution in [0.15, 0.2) is 18.3 Å². The van der Waals surface area contributed by atoms with Gasteiger partial charge in [-0.1, -0.05) is 0 Å². The summed E-state index contributed by atoms with van der Waals surface area (Å²) in [4.78, 5) is 6.03. The zero-order chi connectivity index (χ0) is 9.26. The number of aliphatic hydroxyl groups is 1. The van der Waals surface area contributed by atoms with Crippen molar-refractivity contribution in [2.75, 3.05) is 23.7 Å². The number of nitrogens with zero attached hydrogens (tertiary/aromatic N) is 2. The number of hydrogen-bond acceptors (Lipinski definition) is 4. The standard InChI is InChI=1S/C9H13N3O/c10-9-5-7(1-3-11-9)12-4-2-8(13)6-12/h1,3,5,8,13H,2,4,6H2,(H2,10,11). The summed E-state index contributed by atoms with van der Waals surface area (Å²) in [5.41, 5.74) is 6.61. The van der Waals surface area contributed by atoms with Crippen molar-refractivity contribution in [3.63, 3.8) is 0 Å². The Kier molecular flexibility index (Phi) is 2.06. The number of nitrogen functional groups attached to an aromatic ring is 1. The van der Waals surface area contributed by atoms with Gasteiger partial charge < -0.3 is 15.7 Å². The van der Waals surface area contributed by atoms with E-state index in [2.05, 4.69) is 9.88 Å². The molecule has 0 aliphatic carbocycles. The molecule has 1 aromatic rings. The molecule has 0 amide bonds. The average molecular weight is 179 g/mol. The Hall–Kier alpha value is -1.29. The van der Waals surface area contributed by atoms with E-state index in [0.717, 1.165) is 18.7 Å². The first-order chi connectivity index (χ1) is 6.25. The molecule has 1 fully saturated rings. The summed E-state index contributed by atoms with van der Waals surface area (Å²) in [5, 5.41) is 9.34. The number of aliphatic hydroxyl groups excluding tert-OH is 1. The molecule has 2 rings (SSSR count). The van der Waals surface area contributed by atoms with Crippen molar-refractivity contribution < 1.29 is 5.11 Å². The van der Waals surface area contributed by atoms with Crippen LogP contribution in [-0.4, -0.2) is 29.3 Å². The molecule has 4 nitrogen and oxygen atoms in total. The van der Waals surface area contributed by atoms with Crippen LogP contribution in [0.5, 0.6) is 0 Å². The van der Waals surface area contributed by atoms with Crippen molar-refractivity contribution in [3.05, 3.63) is 18.3 Å². The van der Waals surface area contributed by atoms with Gasteiger partial charge in [-0.2, -0.15) is 0 Å². The molecule has 2 heterocycles. The maximum absolute atomic E-state index is 9.34. The first-order valence-corrected chi connectivity index (χ1v) is 4.40. The minimum atomic E-state index is -0.200. The smallest absolute Gasteiger partial charge is 0.125 e. The third-order valence-corrected chi connectivity index (χ3v) is 2.29. The van der Waals surface area contributed by atoms with Crippen molar-refractivity contribution >= 4 is 11.5 Å². The van der Waals surface area contributed by atoms with Gasteiger partial charge in [0.2, 0.25) is 0 Å². The Morgan fingerprint density at radius 2 is 2.46 bits per heavy atom. The number of aromatic nitrogens is 1. The number of anilines is 2. The highest BCUT2D eigenvalue weighted by molar-refractivity contribution is 5.52. The maximum atomic E-state index is 9.34. The fourth-order valence-corrected chi connectivity index (χ4v) is 1.61. The molecule has 4 heteroatoms. The zero-order valence-electron chi connectivity index (χ0n) is 7.35. The molecular weight excluding hydrogens is 166 g/mol. The van der Waals surface area contributed by atoms with Gasteiger partial charge in [0.15, 0.2) is 0 Å². The SMILES string of the molecule is Nc1cc(N2CCC(O)C2)ccn1. The second-order valence-electron chi connectivity index (χ2n) is 3.33. The second-order valence-corrected chi connectivity index (χ2v) is 3.33. The average Bonchev–Trinajstić information content (AvgIpc) is 2.52. The molecule has 1 aliphatic rings. The predicted octanol–water partition coefficient (Wildman–Crippen LogP) is 0.235. The Morgan fingerprint density at radius 1 is 1.62 bits per heavy atom. The molecule has 13 heavy (non-hydrogen) atoms. The van der Waals surface area contributed by atoms with E-state index in [9.17, 15) is 5.11 Å². The summed E-state index contributed by atoms with van der Waals surface area (Å²) in [6.45, 7) is 1.59. The van der Waals surface area contributed by atoms with Gasteiger partial charge in [-0.15, -0.1) is 0 Å². The third kappa shape index (κ3) is 1.72. The van der Waals surface area contributed by atoms with E-state index < -0.39 is 0 Å². The van der Waals surface area contributed by atoms with Crippen LogP contribution in [0.2, 0.25) is 0 Å². The highest BCUT2D eigenvalue weighted by Gasteiger charge is 2.20. The monoisotopic (exact) mass is 179 g/mol. The molecule has 0 saturated carbocycles. The van der Waals surface area contributed by atoms with Crippen molar-refractivity contribution in [1.29, 1.82) is 0 Å². The molecule has 0 spiro atoms. The summed E-state index contributed by atoms with van der Waals surface area (Å²) in [5.74, 6) is 0.527. The Bertz CT molecular complexity index is 303. The fourth-order valence-electron chi connectivity index (χ4n) is 1.61. The molecule has 1 atom stereocenters. The lowest BCUT2D eigenvalue weighted by molar-refractivity contribution is 0.198. The van der Waals surface area contributed by atoms with Crippen LogP contribution in [0.3, 0.4) is 0 Å². The number of β-amino-alcohol motifs (C(OH)–C–C–N with tert-alkyl or cyclic N) is 1. The van der Waals surface area contributed by atoms with Gasteiger partial charge in [0.1, 0.15) is 5.82 Å². The summed E-state index contributed by atoms with van der Waals surface area (Å²) in [6, 6.07) is 3.74. The minimum absolute atomic E-state index is 0.200. The molecule has 1 saturated heterocycles. The summed E-state index contributed by atoms with van der Waals surface area (Å²) < 4.78 is 0. The maximum Gasteiger partial charge on any atom is 0.125 e. The second kappa shape index (κ2) is 3.22. The largest absolute Gasteiger partial charge is 0.391 e. The number of hydrogen-bond donors (Lipinski definition) is 2. The van der Waals surface area contributed by atoms with Gasteiger partial charge in [0.25, 0.3) is 0 Å². The van der Waals surface area contributed by atoms with Crippen LogP contribution >= 0.6 is 0 Å². The quantitative estimate of drug-likeness (QED) is 0.648. The molecule has 3 N–H and O–H groups in total. The molecular formula is C9H13N3O. The lowest BCUT2D eigenvalue weighted by Crippen LogP contribution is -2.21. The highest BCUT2D eigenvalue weighted by atomic mass is 16.3. The van der Waals surface area contributed by atoms with Crippen molar-refractivity contribution in [3.8, 4) is 0 Å². The predicted molar refractivity (Wildman–Crippen MR) is 51.5 cm³/mol. The van der Waals surface area contributed by atoms with Gasteiger partial charge in [-0.3, -0.25) is 0 Å². The first-order valence-electron chi connectivity index (χ1n) is 4.40. The lowest BCUT2D eigenvalue weighted by Gasteiger charge is -2.17. The van der Waals surface area contributed by atoms with Crippen LogP contribution in [0.4, 0.5) is 11.5 Å². The fraction of sp³-hybridized carbons (Fsp3) is 0.444. The van der Waals surface area contributed by atoms with Gasteiger partial charge in [-0.05, 0) is 12.5 Å². The Morgan fingerprint density at radius 3 is 3.08 bits per heavy atom. The molecule has 0 radical (unpaired) electrons. The number of nitrogens with two attached hydrogens (primary N) is 1. The van der Waals surface area contributed by atoms with E-state index in [-0.39, 0.29) is 6.10 Å². The van der Waals surface area contributed by atoms with Crippen molar-refractivity contribution in [1.82, 2.24) is 4.98 Å². The van der Waals surface area contributed by atoms with Crippen LogP contribution in [0, 0.1) is 0 Å². The molecule has 1 aromatic heterocycles. The number of rotatable bonds is 1. The third-order valence-electron chi connectivity index (χ3n) is 2.29. The van der Waals surface area contributed by atoms with Gasteiger partial charge >= 0.3 is 0 Å². The number of pyridine rings is 1. The minimum Gasteiger partial charge on any atom is -0.391 e. The highest BCUT2D eigenvalue weighted by Crippen LogP contribution is 2.20. The molecule has 70 valence electrons. The van der Waals surface area contributed by atoms with E-state index in [1.54, 1.807) is 6.20 Å². The van der Waals surface area contributed by atoms with Crippen molar-refractivity contribution in [2.24, 2.45) is 0 Å². The van der Waals surface area contributed by atoms with E-state index >= 15 is 0 Å². The normalized spacial score (nSPS) is 22.2. The molecule has 1 aliphatic heterocycles. The van der Waals surface area contributed by atoms with Crippen LogP contribution in [-0.2, 0) is 0 Å².